The Morgan fingerprint density at radius 1 is 0.925 bits per heavy atom. The molecule has 7 atom stereocenters. The van der Waals surface area contributed by atoms with Crippen molar-refractivity contribution in [2.45, 2.75) is 120 Å². The quantitative estimate of drug-likeness (QED) is 0.250. The number of carbonyl (C=O) groups is 1. The van der Waals surface area contributed by atoms with Gasteiger partial charge in [-0.3, -0.25) is 4.79 Å². The Morgan fingerprint density at radius 2 is 1.65 bits per heavy atom. The third kappa shape index (κ3) is 10.6. The van der Waals surface area contributed by atoms with Crippen LogP contribution in [0.2, 0.25) is 0 Å². The van der Waals surface area contributed by atoms with E-state index < -0.39 is 12.1 Å². The highest BCUT2D eigenvalue weighted by molar-refractivity contribution is 5.66. The Balaban J connectivity index is 1.36. The lowest BCUT2D eigenvalue weighted by molar-refractivity contribution is -0.226. The molecule has 40 heavy (non-hydrogen) atoms. The maximum absolute atomic E-state index is 11.1. The van der Waals surface area contributed by atoms with Gasteiger partial charge in [0.05, 0.1) is 24.9 Å². The lowest BCUT2D eigenvalue weighted by Crippen LogP contribution is -2.40. The molecule has 7 unspecified atom stereocenters. The van der Waals surface area contributed by atoms with Crippen molar-refractivity contribution < 1.29 is 43.4 Å². The Labute approximate surface area is 238 Å². The first-order valence-electron chi connectivity index (χ1n) is 15.3. The summed E-state index contributed by atoms with van der Waals surface area (Å²) in [4.78, 5) is 10.8. The smallest absolute Gasteiger partial charge is 0.303 e. The van der Waals surface area contributed by atoms with Crippen LogP contribution in [0.4, 0.5) is 0 Å². The van der Waals surface area contributed by atoms with Gasteiger partial charge in [-0.25, -0.2) is 0 Å². The second-order valence-electron chi connectivity index (χ2n) is 11.3. The molecule has 1 aliphatic carbocycles. The molecular weight excluding hydrogens is 516 g/mol. The minimum atomic E-state index is -0.753. The van der Waals surface area contributed by atoms with Gasteiger partial charge in [0.25, 0.3) is 0 Å². The topological polar surface area (TPSA) is 113 Å². The van der Waals surface area contributed by atoms with Crippen molar-refractivity contribution in [3.63, 3.8) is 0 Å². The third-order valence-electron chi connectivity index (χ3n) is 8.03. The summed E-state index contributed by atoms with van der Waals surface area (Å²) in [6.07, 6.45) is 8.81. The number of aliphatic hydroxyl groups is 1. The highest BCUT2D eigenvalue weighted by Crippen LogP contribution is 2.37. The predicted octanol–water partition coefficient (Wildman–Crippen LogP) is 5.08. The molecule has 2 N–H and O–H groups in total. The number of carboxylic acid groups (broad SMARTS) is 1. The van der Waals surface area contributed by atoms with Crippen molar-refractivity contribution in [3.8, 4) is 5.75 Å². The number of ether oxygens (including phenoxy) is 6. The monoisotopic (exact) mass is 564 g/mol. The van der Waals surface area contributed by atoms with E-state index >= 15 is 0 Å². The summed E-state index contributed by atoms with van der Waals surface area (Å²) in [5.41, 5.74) is 0. The molecule has 2 heterocycles. The SMILES string of the molecule is O=C(O)CCCCCCC1C(O)CC(OC2CCCCO2)C1OCC(COc1ccccc1)OC1CCCCO1. The van der Waals surface area contributed by atoms with E-state index in [-0.39, 0.29) is 43.2 Å². The van der Waals surface area contributed by atoms with E-state index in [9.17, 15) is 9.90 Å². The van der Waals surface area contributed by atoms with Gasteiger partial charge < -0.3 is 38.6 Å². The number of aliphatic carboxylic acids is 1. The van der Waals surface area contributed by atoms with Gasteiger partial charge in [0.1, 0.15) is 18.5 Å². The summed E-state index contributed by atoms with van der Waals surface area (Å²) in [7, 11) is 0. The first-order valence-corrected chi connectivity index (χ1v) is 15.3. The van der Waals surface area contributed by atoms with E-state index in [0.717, 1.165) is 70.0 Å². The zero-order chi connectivity index (χ0) is 28.0. The summed E-state index contributed by atoms with van der Waals surface area (Å²) in [5.74, 6) is -0.0562. The zero-order valence-corrected chi connectivity index (χ0v) is 23.7. The number of hydrogen-bond donors (Lipinski definition) is 2. The van der Waals surface area contributed by atoms with E-state index in [1.54, 1.807) is 0 Å². The average Bonchev–Trinajstić information content (AvgIpc) is 3.26. The van der Waals surface area contributed by atoms with Gasteiger partial charge in [-0.1, -0.05) is 37.5 Å². The molecule has 1 saturated carbocycles. The van der Waals surface area contributed by atoms with Crippen LogP contribution >= 0.6 is 0 Å². The first kappa shape index (κ1) is 31.2. The summed E-state index contributed by atoms with van der Waals surface area (Å²) in [6.45, 7) is 2.01. The Morgan fingerprint density at radius 3 is 2.35 bits per heavy atom. The minimum Gasteiger partial charge on any atom is -0.491 e. The van der Waals surface area contributed by atoms with Gasteiger partial charge in [0.15, 0.2) is 12.6 Å². The number of hydrogen-bond acceptors (Lipinski definition) is 8. The van der Waals surface area contributed by atoms with Gasteiger partial charge in [-0.15, -0.1) is 0 Å². The van der Waals surface area contributed by atoms with Gasteiger partial charge in [0.2, 0.25) is 0 Å². The normalized spacial score (nSPS) is 29.7. The van der Waals surface area contributed by atoms with E-state index in [2.05, 4.69) is 0 Å². The fraction of sp³-hybridized carbons (Fsp3) is 0.774. The van der Waals surface area contributed by atoms with Gasteiger partial charge in [0, 0.05) is 32.0 Å². The fourth-order valence-electron chi connectivity index (χ4n) is 5.87. The molecule has 2 saturated heterocycles. The van der Waals surface area contributed by atoms with Crippen molar-refractivity contribution in [1.82, 2.24) is 0 Å². The van der Waals surface area contributed by atoms with Crippen molar-refractivity contribution in [2.75, 3.05) is 26.4 Å². The second kappa shape index (κ2) is 17.3. The summed E-state index contributed by atoms with van der Waals surface area (Å²) in [6, 6.07) is 9.67. The van der Waals surface area contributed by atoms with Gasteiger partial charge in [-0.2, -0.15) is 0 Å². The Hall–Kier alpha value is -1.75. The molecule has 3 aliphatic rings. The highest BCUT2D eigenvalue weighted by Gasteiger charge is 2.45. The Bertz CT molecular complexity index is 825. The van der Waals surface area contributed by atoms with Crippen LogP contribution in [0.5, 0.6) is 5.75 Å². The minimum absolute atomic E-state index is 0.0744. The predicted molar refractivity (Wildman–Crippen MR) is 148 cm³/mol. The van der Waals surface area contributed by atoms with Crippen molar-refractivity contribution in [1.29, 1.82) is 0 Å². The largest absolute Gasteiger partial charge is 0.491 e. The van der Waals surface area contributed by atoms with Crippen LogP contribution in [-0.4, -0.2) is 79.6 Å². The van der Waals surface area contributed by atoms with Crippen LogP contribution in [0.3, 0.4) is 0 Å². The molecule has 9 nitrogen and oxygen atoms in total. The molecule has 0 bridgehead atoms. The van der Waals surface area contributed by atoms with Crippen molar-refractivity contribution in [3.05, 3.63) is 30.3 Å². The molecule has 0 radical (unpaired) electrons. The number of carboxylic acids is 1. The first-order chi connectivity index (χ1) is 19.6. The molecule has 4 rings (SSSR count). The summed E-state index contributed by atoms with van der Waals surface area (Å²) < 4.78 is 37.0. The van der Waals surface area contributed by atoms with Crippen molar-refractivity contribution in [2.24, 2.45) is 5.92 Å². The molecule has 9 heteroatoms. The van der Waals surface area contributed by atoms with Crippen LogP contribution in [0.1, 0.15) is 83.5 Å². The number of para-hydroxylation sites is 1. The van der Waals surface area contributed by atoms with Crippen LogP contribution in [0.15, 0.2) is 30.3 Å². The fourth-order valence-corrected chi connectivity index (χ4v) is 5.87. The molecule has 0 spiro atoms. The number of benzene rings is 1. The summed E-state index contributed by atoms with van der Waals surface area (Å²) >= 11 is 0. The average molecular weight is 565 g/mol. The molecule has 0 amide bonds. The van der Waals surface area contributed by atoms with Gasteiger partial charge >= 0.3 is 5.97 Å². The van der Waals surface area contributed by atoms with Crippen LogP contribution < -0.4 is 4.74 Å². The molecule has 226 valence electrons. The van der Waals surface area contributed by atoms with E-state index in [1.807, 2.05) is 30.3 Å². The maximum Gasteiger partial charge on any atom is 0.303 e. The lowest BCUT2D eigenvalue weighted by Gasteiger charge is -2.32. The van der Waals surface area contributed by atoms with Crippen LogP contribution in [0.25, 0.3) is 0 Å². The van der Waals surface area contributed by atoms with E-state index in [1.165, 1.54) is 0 Å². The van der Waals surface area contributed by atoms with Crippen LogP contribution in [0, 0.1) is 5.92 Å². The van der Waals surface area contributed by atoms with Crippen LogP contribution in [-0.2, 0) is 28.5 Å². The zero-order valence-electron chi connectivity index (χ0n) is 23.7. The Kier molecular flexibility index (Phi) is 13.5. The standard InChI is InChI=1S/C31H48O9/c32-26-20-27(40-30-17-9-11-19-36-30)31(25(26)14-6-1-2-7-15-28(33)34)38-22-24(39-29-16-8-10-18-35-29)21-37-23-12-4-3-5-13-23/h3-5,12-13,24-27,29-32H,1-2,6-11,14-22H2,(H,33,34). The molecular formula is C31H48O9. The molecule has 3 fully saturated rings. The van der Waals surface area contributed by atoms with Crippen molar-refractivity contribution >= 4 is 5.97 Å². The third-order valence-corrected chi connectivity index (χ3v) is 8.03. The second-order valence-corrected chi connectivity index (χ2v) is 11.3. The number of unbranched alkanes of at least 4 members (excludes halogenated alkanes) is 3. The lowest BCUT2D eigenvalue weighted by atomic mass is 9.95. The summed E-state index contributed by atoms with van der Waals surface area (Å²) in [5, 5.41) is 19.9. The molecule has 0 aromatic heterocycles. The van der Waals surface area contributed by atoms with Gasteiger partial charge in [-0.05, 0) is 63.5 Å². The van der Waals surface area contributed by atoms with E-state index in [4.69, 9.17) is 33.5 Å². The molecule has 1 aromatic carbocycles. The highest BCUT2D eigenvalue weighted by atomic mass is 16.7. The van der Waals surface area contributed by atoms with E-state index in [0.29, 0.717) is 39.3 Å². The maximum atomic E-state index is 11.1. The number of rotatable bonds is 17. The molecule has 1 aromatic rings. The molecule has 2 aliphatic heterocycles. The number of aliphatic hydroxyl groups excluding tert-OH is 1.